The van der Waals surface area contributed by atoms with Gasteiger partial charge < -0.3 is 22.1 Å². The monoisotopic (exact) mass is 218 g/mol. The van der Waals surface area contributed by atoms with Crippen LogP contribution in [0.5, 0.6) is 0 Å². The molecule has 0 aliphatic heterocycles. The van der Waals surface area contributed by atoms with E-state index in [0.717, 1.165) is 0 Å². The van der Waals surface area contributed by atoms with Crippen LogP contribution in [0, 0.1) is 0 Å². The molecule has 0 aromatic heterocycles. The first-order valence-corrected chi connectivity index (χ1v) is 3.35. The standard InChI is InChI=1S/C6H13FN2O2.ClH.H2O/c7-4-6(9,5(10)11)2-1-3-8;;/h1-4,8-9H2,(H,10,11);1H;1H2. The first kappa shape index (κ1) is 18.4. The molecule has 7 N–H and O–H groups in total. The van der Waals surface area contributed by atoms with E-state index in [9.17, 15) is 9.18 Å². The maximum Gasteiger partial charge on any atom is 0.326 e. The molecule has 5 nitrogen and oxygen atoms in total. The Bertz CT molecular complexity index is 150. The fourth-order valence-corrected chi connectivity index (χ4v) is 0.648. The van der Waals surface area contributed by atoms with Gasteiger partial charge in [-0.2, -0.15) is 0 Å². The Kier molecular flexibility index (Phi) is 11.6. The molecule has 0 amide bonds. The lowest BCUT2D eigenvalue weighted by atomic mass is 9.97. The van der Waals surface area contributed by atoms with Gasteiger partial charge >= 0.3 is 5.97 Å². The van der Waals surface area contributed by atoms with Crippen molar-refractivity contribution >= 4 is 18.4 Å². The molecule has 1 atom stereocenters. The Morgan fingerprint density at radius 1 is 1.54 bits per heavy atom. The van der Waals surface area contributed by atoms with Gasteiger partial charge in [-0.3, -0.25) is 4.79 Å². The zero-order valence-electron chi connectivity index (χ0n) is 7.12. The lowest BCUT2D eigenvalue weighted by Gasteiger charge is -2.19. The molecule has 0 spiro atoms. The van der Waals surface area contributed by atoms with Crippen molar-refractivity contribution in [3.8, 4) is 0 Å². The third-order valence-electron chi connectivity index (χ3n) is 1.49. The molecule has 0 rings (SSSR count). The van der Waals surface area contributed by atoms with Crippen molar-refractivity contribution in [2.24, 2.45) is 11.5 Å². The van der Waals surface area contributed by atoms with Gasteiger partial charge in [0.25, 0.3) is 0 Å². The van der Waals surface area contributed by atoms with Crippen molar-refractivity contribution in [2.45, 2.75) is 18.4 Å². The van der Waals surface area contributed by atoms with Crippen LogP contribution in [0.15, 0.2) is 0 Å². The predicted molar refractivity (Wildman–Crippen MR) is 49.7 cm³/mol. The minimum atomic E-state index is -1.74. The number of hydrogen-bond donors (Lipinski definition) is 3. The molecule has 0 aliphatic carbocycles. The summed E-state index contributed by atoms with van der Waals surface area (Å²) in [6.07, 6.45) is 0.502. The number of alkyl halides is 1. The third-order valence-corrected chi connectivity index (χ3v) is 1.49. The van der Waals surface area contributed by atoms with Crippen LogP contribution < -0.4 is 11.5 Å². The van der Waals surface area contributed by atoms with Gasteiger partial charge in [0.2, 0.25) is 0 Å². The minimum Gasteiger partial charge on any atom is -0.480 e. The molecule has 0 aromatic rings. The number of hydrogen-bond acceptors (Lipinski definition) is 3. The van der Waals surface area contributed by atoms with Crippen molar-refractivity contribution < 1.29 is 19.8 Å². The van der Waals surface area contributed by atoms with Crippen molar-refractivity contribution in [3.05, 3.63) is 0 Å². The van der Waals surface area contributed by atoms with Crippen molar-refractivity contribution in [3.63, 3.8) is 0 Å². The largest absolute Gasteiger partial charge is 0.480 e. The van der Waals surface area contributed by atoms with E-state index < -0.39 is 18.2 Å². The molecule has 0 bridgehead atoms. The van der Waals surface area contributed by atoms with E-state index in [0.29, 0.717) is 13.0 Å². The fraction of sp³-hybridized carbons (Fsp3) is 0.833. The van der Waals surface area contributed by atoms with Crippen LogP contribution in [0.2, 0.25) is 0 Å². The smallest absolute Gasteiger partial charge is 0.326 e. The number of halogens is 2. The van der Waals surface area contributed by atoms with E-state index in [-0.39, 0.29) is 24.3 Å². The van der Waals surface area contributed by atoms with Gasteiger partial charge in [-0.1, -0.05) is 0 Å². The third kappa shape index (κ3) is 5.75. The van der Waals surface area contributed by atoms with Crippen LogP contribution in [0.4, 0.5) is 4.39 Å². The van der Waals surface area contributed by atoms with Crippen LogP contribution in [0.25, 0.3) is 0 Å². The van der Waals surface area contributed by atoms with Gasteiger partial charge in [-0.25, -0.2) is 4.39 Å². The Hall–Kier alpha value is -0.430. The molecule has 0 saturated carbocycles. The van der Waals surface area contributed by atoms with Crippen molar-refractivity contribution in [1.29, 1.82) is 0 Å². The van der Waals surface area contributed by atoms with E-state index in [1.54, 1.807) is 0 Å². The fourth-order valence-electron chi connectivity index (χ4n) is 0.648. The molecule has 0 heterocycles. The highest BCUT2D eigenvalue weighted by Crippen LogP contribution is 2.09. The van der Waals surface area contributed by atoms with Gasteiger partial charge in [0.15, 0.2) is 0 Å². The lowest BCUT2D eigenvalue weighted by molar-refractivity contribution is -0.144. The average molecular weight is 219 g/mol. The lowest BCUT2D eigenvalue weighted by Crippen LogP contribution is -2.50. The minimum absolute atomic E-state index is 0. The highest BCUT2D eigenvalue weighted by molar-refractivity contribution is 5.85. The van der Waals surface area contributed by atoms with Crippen LogP contribution in [0.1, 0.15) is 12.8 Å². The molecule has 0 radical (unpaired) electrons. The summed E-state index contributed by atoms with van der Waals surface area (Å²) in [5.41, 5.74) is 8.58. The number of carbonyl (C=O) groups is 1. The number of carboxylic acid groups (broad SMARTS) is 1. The summed E-state index contributed by atoms with van der Waals surface area (Å²) in [4.78, 5) is 10.4. The van der Waals surface area contributed by atoms with E-state index in [1.165, 1.54) is 0 Å². The first-order valence-electron chi connectivity index (χ1n) is 3.35. The molecule has 7 heteroatoms. The van der Waals surface area contributed by atoms with Gasteiger partial charge in [0, 0.05) is 0 Å². The predicted octanol–water partition coefficient (Wildman–Crippen LogP) is -0.926. The molecule has 82 valence electrons. The molecule has 0 aromatic carbocycles. The molecule has 0 fully saturated rings. The Balaban J connectivity index is -0.000000500. The Morgan fingerprint density at radius 2 is 2.00 bits per heavy atom. The maximum absolute atomic E-state index is 12.1. The molecular weight excluding hydrogens is 203 g/mol. The number of carboxylic acids is 1. The summed E-state index contributed by atoms with van der Waals surface area (Å²) in [6.45, 7) is -0.728. The van der Waals surface area contributed by atoms with Crippen LogP contribution in [-0.4, -0.2) is 35.3 Å². The summed E-state index contributed by atoms with van der Waals surface area (Å²) in [5.74, 6) is -1.31. The van der Waals surface area contributed by atoms with Gasteiger partial charge in [-0.05, 0) is 19.4 Å². The van der Waals surface area contributed by atoms with Crippen LogP contribution >= 0.6 is 12.4 Å². The topological polar surface area (TPSA) is 121 Å². The van der Waals surface area contributed by atoms with Crippen molar-refractivity contribution in [1.82, 2.24) is 0 Å². The molecular formula is C6H16ClFN2O3. The zero-order valence-corrected chi connectivity index (χ0v) is 7.94. The highest BCUT2D eigenvalue weighted by atomic mass is 35.5. The maximum atomic E-state index is 12.1. The van der Waals surface area contributed by atoms with Gasteiger partial charge in [0.1, 0.15) is 12.2 Å². The summed E-state index contributed by atoms with van der Waals surface area (Å²) in [6, 6.07) is 0. The average Bonchev–Trinajstić information content (AvgIpc) is 2.00. The molecule has 13 heavy (non-hydrogen) atoms. The summed E-state index contributed by atoms with van der Waals surface area (Å²) >= 11 is 0. The number of rotatable bonds is 5. The SMILES string of the molecule is Cl.NCCCC(N)(CF)C(=O)O.O. The van der Waals surface area contributed by atoms with Gasteiger partial charge in [-0.15, -0.1) is 12.4 Å². The van der Waals surface area contributed by atoms with Crippen molar-refractivity contribution in [2.75, 3.05) is 13.2 Å². The zero-order chi connectivity index (χ0) is 8.91. The van der Waals surface area contributed by atoms with E-state index >= 15 is 0 Å². The second kappa shape index (κ2) is 8.18. The summed E-state index contributed by atoms with van der Waals surface area (Å²) in [5, 5.41) is 8.45. The number of nitrogens with two attached hydrogens (primary N) is 2. The molecule has 0 saturated heterocycles. The highest BCUT2D eigenvalue weighted by Gasteiger charge is 2.33. The van der Waals surface area contributed by atoms with Crippen LogP contribution in [-0.2, 0) is 4.79 Å². The van der Waals surface area contributed by atoms with Crippen LogP contribution in [0.3, 0.4) is 0 Å². The summed E-state index contributed by atoms with van der Waals surface area (Å²) < 4.78 is 12.1. The second-order valence-corrected chi connectivity index (χ2v) is 2.49. The normalized spacial score (nSPS) is 13.5. The van der Waals surface area contributed by atoms with E-state index in [4.69, 9.17) is 16.6 Å². The summed E-state index contributed by atoms with van der Waals surface area (Å²) in [7, 11) is 0. The molecule has 1 unspecified atom stereocenters. The first-order chi connectivity index (χ1) is 5.06. The second-order valence-electron chi connectivity index (χ2n) is 2.49. The Morgan fingerprint density at radius 3 is 2.23 bits per heavy atom. The van der Waals surface area contributed by atoms with Gasteiger partial charge in [0.05, 0.1) is 0 Å². The quantitative estimate of drug-likeness (QED) is 0.552. The Labute approximate surface area is 82.0 Å². The molecule has 0 aliphatic rings. The van der Waals surface area contributed by atoms with E-state index in [1.807, 2.05) is 0 Å². The number of aliphatic carboxylic acids is 1. The van der Waals surface area contributed by atoms with E-state index in [2.05, 4.69) is 0 Å².